The molecule has 2 aromatic heterocycles. The number of hydrogen-bond donors (Lipinski definition) is 2. The van der Waals surface area contributed by atoms with Crippen molar-refractivity contribution in [3.8, 4) is 0 Å². The van der Waals surface area contributed by atoms with Crippen molar-refractivity contribution in [3.63, 3.8) is 0 Å². The lowest BCUT2D eigenvalue weighted by Gasteiger charge is -2.11. The van der Waals surface area contributed by atoms with E-state index < -0.39 is 0 Å². The molecule has 0 saturated carbocycles. The summed E-state index contributed by atoms with van der Waals surface area (Å²) in [7, 11) is 3.48. The van der Waals surface area contributed by atoms with Crippen molar-refractivity contribution in [1.82, 2.24) is 20.1 Å². The molecule has 7 nitrogen and oxygen atoms in total. The summed E-state index contributed by atoms with van der Waals surface area (Å²) in [6, 6.07) is 6.83. The molecule has 146 valence electrons. The van der Waals surface area contributed by atoms with Crippen molar-refractivity contribution in [2.45, 2.75) is 33.6 Å². The topological polar surface area (TPSA) is 88.9 Å². The van der Waals surface area contributed by atoms with Gasteiger partial charge in [0.25, 0.3) is 5.91 Å². The van der Waals surface area contributed by atoms with Crippen molar-refractivity contribution in [2.75, 3.05) is 12.4 Å². The molecule has 3 rings (SSSR count). The Labute approximate surface area is 164 Å². The summed E-state index contributed by atoms with van der Waals surface area (Å²) in [5, 5.41) is 11.0. The summed E-state index contributed by atoms with van der Waals surface area (Å²) in [4.78, 5) is 28.7. The highest BCUT2D eigenvalue weighted by Gasteiger charge is 2.16. The lowest BCUT2D eigenvalue weighted by molar-refractivity contribution is -0.116. The smallest absolute Gasteiger partial charge is 0.251 e. The van der Waals surface area contributed by atoms with E-state index in [0.29, 0.717) is 24.1 Å². The van der Waals surface area contributed by atoms with Crippen LogP contribution in [0.25, 0.3) is 11.0 Å². The minimum Gasteiger partial charge on any atom is -0.355 e. The van der Waals surface area contributed by atoms with Crippen molar-refractivity contribution >= 4 is 28.5 Å². The Morgan fingerprint density at radius 1 is 1.07 bits per heavy atom. The Hall–Kier alpha value is -3.22. The van der Waals surface area contributed by atoms with Gasteiger partial charge in [-0.15, -0.1) is 0 Å². The van der Waals surface area contributed by atoms with Crippen LogP contribution < -0.4 is 10.6 Å². The molecule has 0 aliphatic heterocycles. The zero-order valence-electron chi connectivity index (χ0n) is 16.9. The van der Waals surface area contributed by atoms with E-state index in [-0.39, 0.29) is 11.8 Å². The number of carbonyl (C=O) groups is 2. The van der Waals surface area contributed by atoms with E-state index >= 15 is 0 Å². The summed E-state index contributed by atoms with van der Waals surface area (Å²) >= 11 is 0. The summed E-state index contributed by atoms with van der Waals surface area (Å²) in [5.74, 6) is -0.230. The van der Waals surface area contributed by atoms with Crippen LogP contribution in [0.2, 0.25) is 0 Å². The molecule has 0 saturated heterocycles. The van der Waals surface area contributed by atoms with Gasteiger partial charge >= 0.3 is 0 Å². The molecule has 0 aliphatic carbocycles. The molecule has 0 radical (unpaired) electrons. The molecular weight excluding hydrogens is 354 g/mol. The first-order valence-corrected chi connectivity index (χ1v) is 9.23. The lowest BCUT2D eigenvalue weighted by atomic mass is 9.99. The fourth-order valence-corrected chi connectivity index (χ4v) is 3.54. The number of carbonyl (C=O) groups excluding carboxylic acids is 2. The van der Waals surface area contributed by atoms with Gasteiger partial charge in [0, 0.05) is 42.8 Å². The number of aryl methyl sites for hydroxylation is 4. The van der Waals surface area contributed by atoms with Crippen LogP contribution >= 0.6 is 0 Å². The average molecular weight is 379 g/mol. The Morgan fingerprint density at radius 2 is 1.75 bits per heavy atom. The number of benzene rings is 1. The van der Waals surface area contributed by atoms with Crippen molar-refractivity contribution in [1.29, 1.82) is 0 Å². The van der Waals surface area contributed by atoms with Crippen LogP contribution in [-0.2, 0) is 18.3 Å². The Morgan fingerprint density at radius 3 is 2.39 bits per heavy atom. The summed E-state index contributed by atoms with van der Waals surface area (Å²) in [6.45, 7) is 6.02. The molecule has 7 heteroatoms. The van der Waals surface area contributed by atoms with Crippen molar-refractivity contribution in [2.24, 2.45) is 7.05 Å². The van der Waals surface area contributed by atoms with E-state index in [1.54, 1.807) is 36.0 Å². The minimum atomic E-state index is -0.155. The quantitative estimate of drug-likeness (QED) is 0.713. The fourth-order valence-electron chi connectivity index (χ4n) is 3.54. The Kier molecular flexibility index (Phi) is 5.44. The van der Waals surface area contributed by atoms with E-state index in [4.69, 9.17) is 0 Å². The number of nitrogens with zero attached hydrogens (tertiary/aromatic N) is 3. The molecule has 3 aromatic rings. The van der Waals surface area contributed by atoms with Gasteiger partial charge in [0.15, 0.2) is 5.65 Å². The zero-order valence-corrected chi connectivity index (χ0v) is 16.9. The number of anilines is 1. The van der Waals surface area contributed by atoms with E-state index in [0.717, 1.165) is 33.5 Å². The predicted octanol–water partition coefficient (Wildman–Crippen LogP) is 2.82. The first-order chi connectivity index (χ1) is 13.3. The van der Waals surface area contributed by atoms with Gasteiger partial charge < -0.3 is 10.6 Å². The van der Waals surface area contributed by atoms with Crippen LogP contribution in [0.1, 0.15) is 39.3 Å². The number of rotatable bonds is 5. The Bertz CT molecular complexity index is 1050. The van der Waals surface area contributed by atoms with Crippen LogP contribution in [0.3, 0.4) is 0 Å². The fraction of sp³-hybridized carbons (Fsp3) is 0.333. The number of pyridine rings is 1. The summed E-state index contributed by atoms with van der Waals surface area (Å²) in [6.07, 6.45) is 0.961. The number of fused-ring (bicyclic) bond motifs is 1. The SMILES string of the molecule is CNC(=O)c1ccc(NC(=O)CCc2c(C)nc3c(c(C)nn3C)c2C)cc1. The normalized spacial score (nSPS) is 10.9. The molecule has 2 N–H and O–H groups in total. The van der Waals surface area contributed by atoms with Gasteiger partial charge in [-0.2, -0.15) is 5.10 Å². The maximum atomic E-state index is 12.4. The first kappa shape index (κ1) is 19.5. The minimum absolute atomic E-state index is 0.0745. The van der Waals surface area contributed by atoms with Gasteiger partial charge in [-0.25, -0.2) is 4.98 Å². The molecule has 0 spiro atoms. The highest BCUT2D eigenvalue weighted by molar-refractivity contribution is 5.95. The Balaban J connectivity index is 1.71. The van der Waals surface area contributed by atoms with Gasteiger partial charge in [0.2, 0.25) is 5.91 Å². The van der Waals surface area contributed by atoms with E-state index in [1.165, 1.54) is 0 Å². The third-order valence-electron chi connectivity index (χ3n) is 4.99. The maximum absolute atomic E-state index is 12.4. The van der Waals surface area contributed by atoms with Gasteiger partial charge in [-0.3, -0.25) is 14.3 Å². The number of hydrogen-bond acceptors (Lipinski definition) is 4. The van der Waals surface area contributed by atoms with Crippen molar-refractivity contribution in [3.05, 3.63) is 52.3 Å². The second-order valence-electron chi connectivity index (χ2n) is 6.91. The largest absolute Gasteiger partial charge is 0.355 e. The van der Waals surface area contributed by atoms with E-state index in [9.17, 15) is 9.59 Å². The van der Waals surface area contributed by atoms with Crippen LogP contribution in [0.15, 0.2) is 24.3 Å². The molecule has 0 fully saturated rings. The lowest BCUT2D eigenvalue weighted by Crippen LogP contribution is -2.18. The van der Waals surface area contributed by atoms with Gasteiger partial charge in [0.05, 0.1) is 5.69 Å². The maximum Gasteiger partial charge on any atom is 0.251 e. The van der Waals surface area contributed by atoms with Gasteiger partial charge in [-0.05, 0) is 62.6 Å². The van der Waals surface area contributed by atoms with Crippen LogP contribution in [-0.4, -0.2) is 33.6 Å². The van der Waals surface area contributed by atoms with Gasteiger partial charge in [-0.1, -0.05) is 0 Å². The molecule has 2 heterocycles. The number of nitrogens with one attached hydrogen (secondary N) is 2. The van der Waals surface area contributed by atoms with Gasteiger partial charge in [0.1, 0.15) is 0 Å². The molecule has 0 atom stereocenters. The monoisotopic (exact) mass is 379 g/mol. The zero-order chi connectivity index (χ0) is 20.4. The molecule has 0 aliphatic rings. The number of amides is 2. The summed E-state index contributed by atoms with van der Waals surface area (Å²) in [5.41, 5.74) is 6.20. The predicted molar refractivity (Wildman–Crippen MR) is 110 cm³/mol. The third kappa shape index (κ3) is 3.74. The molecule has 28 heavy (non-hydrogen) atoms. The second-order valence-corrected chi connectivity index (χ2v) is 6.91. The molecule has 1 aromatic carbocycles. The molecule has 2 amide bonds. The third-order valence-corrected chi connectivity index (χ3v) is 4.99. The number of aromatic nitrogens is 3. The highest BCUT2D eigenvalue weighted by atomic mass is 16.2. The van der Waals surface area contributed by atoms with E-state index in [2.05, 4.69) is 27.6 Å². The van der Waals surface area contributed by atoms with E-state index in [1.807, 2.05) is 20.9 Å². The molecular formula is C21H25N5O2. The highest BCUT2D eigenvalue weighted by Crippen LogP contribution is 2.26. The second kappa shape index (κ2) is 7.80. The molecule has 0 unspecified atom stereocenters. The standard InChI is InChI=1S/C21H25N5O2/c1-12-17(13(2)23-20-19(12)14(3)25-26(20)5)10-11-18(27)24-16-8-6-15(7-9-16)21(28)22-4/h6-9H,10-11H2,1-5H3,(H,22,28)(H,24,27). The first-order valence-electron chi connectivity index (χ1n) is 9.23. The van der Waals surface area contributed by atoms with Crippen LogP contribution in [0.5, 0.6) is 0 Å². The summed E-state index contributed by atoms with van der Waals surface area (Å²) < 4.78 is 1.80. The van der Waals surface area contributed by atoms with Crippen molar-refractivity contribution < 1.29 is 9.59 Å². The average Bonchev–Trinajstić information content (AvgIpc) is 2.95. The molecule has 0 bridgehead atoms. The van der Waals surface area contributed by atoms with Crippen LogP contribution in [0.4, 0.5) is 5.69 Å². The van der Waals surface area contributed by atoms with Crippen LogP contribution in [0, 0.1) is 20.8 Å².